The van der Waals surface area contributed by atoms with E-state index in [-0.39, 0.29) is 41.1 Å². The zero-order valence-electron chi connectivity index (χ0n) is 15.9. The maximum Gasteiger partial charge on any atom is 0.355 e. The SMILES string of the molecule is C#CCO/N=C(\C(=O)N[C@H]1CN2CC(S(C)(=O)=O)=C(C(=O)O)N2C1=O)c1csc(N)n1. The van der Waals surface area contributed by atoms with Crippen LogP contribution < -0.4 is 11.1 Å². The number of hydrogen-bond donors (Lipinski definition) is 3. The summed E-state index contributed by atoms with van der Waals surface area (Å²) < 4.78 is 23.8. The predicted molar refractivity (Wildman–Crippen MR) is 108 cm³/mol. The number of thiazole rings is 1. The van der Waals surface area contributed by atoms with Gasteiger partial charge in [0.2, 0.25) is 0 Å². The second-order valence-electron chi connectivity index (χ2n) is 6.36. The Hall–Kier alpha value is -3.48. The fourth-order valence-electron chi connectivity index (χ4n) is 2.97. The van der Waals surface area contributed by atoms with Crippen LogP contribution in [0.4, 0.5) is 5.13 Å². The minimum absolute atomic E-state index is 0.0914. The molecule has 0 aliphatic carbocycles. The van der Waals surface area contributed by atoms with E-state index >= 15 is 0 Å². The van der Waals surface area contributed by atoms with Crippen LogP contribution in [0.5, 0.6) is 0 Å². The molecule has 0 bridgehead atoms. The third-order valence-corrected chi connectivity index (χ3v) is 6.12. The highest BCUT2D eigenvalue weighted by molar-refractivity contribution is 7.94. The number of carbonyl (C=O) groups is 3. The van der Waals surface area contributed by atoms with Crippen molar-refractivity contribution in [1.29, 1.82) is 0 Å². The zero-order chi connectivity index (χ0) is 22.9. The molecule has 4 N–H and O–H groups in total. The zero-order valence-corrected chi connectivity index (χ0v) is 17.6. The van der Waals surface area contributed by atoms with Crippen molar-refractivity contribution >= 4 is 49.8 Å². The van der Waals surface area contributed by atoms with Crippen molar-refractivity contribution in [3.63, 3.8) is 0 Å². The average molecular weight is 468 g/mol. The summed E-state index contributed by atoms with van der Waals surface area (Å²) in [6.07, 6.45) is 5.94. The van der Waals surface area contributed by atoms with Crippen molar-refractivity contribution in [2.75, 3.05) is 31.7 Å². The summed E-state index contributed by atoms with van der Waals surface area (Å²) in [6, 6.07) is -1.17. The summed E-state index contributed by atoms with van der Waals surface area (Å²) in [5, 5.41) is 19.1. The molecule has 15 heteroatoms. The Morgan fingerprint density at radius 1 is 1.55 bits per heavy atom. The predicted octanol–water partition coefficient (Wildman–Crippen LogP) is -2.02. The van der Waals surface area contributed by atoms with Crippen LogP contribution in [0.2, 0.25) is 0 Å². The molecule has 1 atom stereocenters. The number of sulfone groups is 1. The molecule has 2 amide bonds. The number of fused-ring (bicyclic) bond motifs is 1. The van der Waals surface area contributed by atoms with Crippen LogP contribution in [0.25, 0.3) is 0 Å². The topological polar surface area (TPSA) is 185 Å². The van der Waals surface area contributed by atoms with Crippen molar-refractivity contribution in [2.45, 2.75) is 6.04 Å². The van der Waals surface area contributed by atoms with E-state index in [1.807, 2.05) is 0 Å². The summed E-state index contributed by atoms with van der Waals surface area (Å²) in [5.41, 5.74) is 4.72. The molecule has 31 heavy (non-hydrogen) atoms. The number of terminal acetylenes is 1. The van der Waals surface area contributed by atoms with Gasteiger partial charge in [-0.15, -0.1) is 17.8 Å². The lowest BCUT2D eigenvalue weighted by Crippen LogP contribution is -2.46. The van der Waals surface area contributed by atoms with E-state index in [9.17, 15) is 27.9 Å². The van der Waals surface area contributed by atoms with Gasteiger partial charge >= 0.3 is 5.97 Å². The molecule has 0 aromatic carbocycles. The Morgan fingerprint density at radius 2 is 2.26 bits per heavy atom. The normalized spacial score (nSPS) is 19.4. The summed E-state index contributed by atoms with van der Waals surface area (Å²) in [6.45, 7) is -0.688. The molecular weight excluding hydrogens is 452 g/mol. The van der Waals surface area contributed by atoms with E-state index in [0.717, 1.165) is 22.6 Å². The Balaban J connectivity index is 1.84. The van der Waals surface area contributed by atoms with E-state index in [2.05, 4.69) is 21.4 Å². The van der Waals surface area contributed by atoms with Crippen LogP contribution in [0.1, 0.15) is 5.69 Å². The first-order chi connectivity index (χ1) is 14.5. The maximum atomic E-state index is 12.8. The number of nitrogens with zero attached hydrogens (tertiary/aromatic N) is 4. The fourth-order valence-corrected chi connectivity index (χ4v) is 4.43. The van der Waals surface area contributed by atoms with Crippen LogP contribution in [-0.2, 0) is 29.1 Å². The first-order valence-electron chi connectivity index (χ1n) is 8.45. The third kappa shape index (κ3) is 4.35. The highest BCUT2D eigenvalue weighted by atomic mass is 32.2. The van der Waals surface area contributed by atoms with Gasteiger partial charge in [0.1, 0.15) is 11.7 Å². The standard InChI is InChI=1S/C16H16N6O7S2/c1-3-4-29-20-11(9-7-30-16(17)19-9)13(23)18-8-5-21-6-10(31(2,27)28)12(15(25)26)22(21)14(8)24/h1,7-8H,4-6H2,2H3,(H2,17,19)(H,18,23)(H,25,26)/b20-11-/t8-/m0/s1. The number of oxime groups is 1. The smallest absolute Gasteiger partial charge is 0.355 e. The number of hydrazine groups is 1. The first kappa shape index (κ1) is 22.2. The largest absolute Gasteiger partial charge is 0.476 e. The van der Waals surface area contributed by atoms with E-state index < -0.39 is 39.4 Å². The summed E-state index contributed by atoms with van der Waals surface area (Å²) in [5.74, 6) is -1.06. The molecule has 3 heterocycles. The molecule has 0 spiro atoms. The van der Waals surface area contributed by atoms with Gasteiger partial charge in [-0.3, -0.25) is 9.59 Å². The maximum absolute atomic E-state index is 12.8. The molecule has 0 unspecified atom stereocenters. The highest BCUT2D eigenvalue weighted by Gasteiger charge is 2.50. The number of nitrogens with two attached hydrogens (primary N) is 1. The van der Waals surface area contributed by atoms with E-state index in [0.29, 0.717) is 0 Å². The number of aromatic nitrogens is 1. The number of nitrogens with one attached hydrogen (secondary N) is 1. The molecule has 164 valence electrons. The molecule has 0 radical (unpaired) electrons. The molecule has 1 fully saturated rings. The summed E-state index contributed by atoms with van der Waals surface area (Å²) >= 11 is 1.05. The Kier molecular flexibility index (Phi) is 5.97. The minimum Gasteiger partial charge on any atom is -0.476 e. The van der Waals surface area contributed by atoms with Gasteiger partial charge in [0.05, 0.1) is 11.4 Å². The summed E-state index contributed by atoms with van der Waals surface area (Å²) in [7, 11) is -3.86. The number of carbonyl (C=O) groups excluding carboxylic acids is 2. The van der Waals surface area contributed by atoms with Crippen LogP contribution in [0.3, 0.4) is 0 Å². The van der Waals surface area contributed by atoms with E-state index in [1.165, 1.54) is 10.4 Å². The molecule has 1 saturated heterocycles. The molecule has 13 nitrogen and oxygen atoms in total. The fraction of sp³-hybridized carbons (Fsp3) is 0.312. The van der Waals surface area contributed by atoms with Gasteiger partial charge in [0, 0.05) is 18.2 Å². The molecule has 3 rings (SSSR count). The van der Waals surface area contributed by atoms with Gasteiger partial charge in [-0.05, 0) is 0 Å². The quantitative estimate of drug-likeness (QED) is 0.175. The van der Waals surface area contributed by atoms with Crippen LogP contribution in [0, 0.1) is 12.3 Å². The molecular formula is C16H16N6O7S2. The van der Waals surface area contributed by atoms with E-state index in [1.54, 1.807) is 0 Å². The van der Waals surface area contributed by atoms with Crippen LogP contribution >= 0.6 is 11.3 Å². The van der Waals surface area contributed by atoms with Gasteiger partial charge in [-0.1, -0.05) is 11.1 Å². The Morgan fingerprint density at radius 3 is 2.81 bits per heavy atom. The average Bonchev–Trinajstić information content (AvgIpc) is 3.34. The van der Waals surface area contributed by atoms with Crippen molar-refractivity contribution in [1.82, 2.24) is 20.3 Å². The second-order valence-corrected chi connectivity index (χ2v) is 9.29. The number of nitrogen functional groups attached to an aromatic ring is 1. The number of amides is 2. The van der Waals surface area contributed by atoms with Crippen molar-refractivity contribution in [2.24, 2.45) is 5.16 Å². The third-order valence-electron chi connectivity index (χ3n) is 4.22. The molecule has 2 aliphatic heterocycles. The van der Waals surface area contributed by atoms with E-state index in [4.69, 9.17) is 17.0 Å². The Bertz CT molecular complexity index is 1160. The number of rotatable bonds is 7. The molecule has 1 aromatic rings. The molecule has 1 aromatic heterocycles. The van der Waals surface area contributed by atoms with Gasteiger partial charge in [0.15, 0.2) is 33.0 Å². The van der Waals surface area contributed by atoms with Crippen molar-refractivity contribution in [3.05, 3.63) is 21.7 Å². The lowest BCUT2D eigenvalue weighted by molar-refractivity contribution is -0.143. The van der Waals surface area contributed by atoms with Crippen LogP contribution in [-0.4, -0.2) is 84.0 Å². The van der Waals surface area contributed by atoms with Crippen molar-refractivity contribution < 1.29 is 32.7 Å². The lowest BCUT2D eigenvalue weighted by Gasteiger charge is -2.18. The van der Waals surface area contributed by atoms with Gasteiger partial charge < -0.3 is 21.0 Å². The van der Waals surface area contributed by atoms with Gasteiger partial charge in [0.25, 0.3) is 11.8 Å². The number of carboxylic acid groups (broad SMARTS) is 1. The highest BCUT2D eigenvalue weighted by Crippen LogP contribution is 2.31. The molecule has 2 aliphatic rings. The van der Waals surface area contributed by atoms with Crippen molar-refractivity contribution in [3.8, 4) is 12.3 Å². The minimum atomic E-state index is -3.86. The molecule has 0 saturated carbocycles. The summed E-state index contributed by atoms with van der Waals surface area (Å²) in [4.78, 5) is 45.6. The van der Waals surface area contributed by atoms with Gasteiger partial charge in [-0.2, -0.15) is 0 Å². The number of carboxylic acids is 1. The number of hydrogen-bond acceptors (Lipinski definition) is 11. The lowest BCUT2D eigenvalue weighted by atomic mass is 10.2. The number of aliphatic carboxylic acids is 1. The van der Waals surface area contributed by atoms with Gasteiger partial charge in [-0.25, -0.2) is 28.2 Å². The number of anilines is 1. The monoisotopic (exact) mass is 468 g/mol. The van der Waals surface area contributed by atoms with Crippen LogP contribution in [0.15, 0.2) is 21.1 Å². The first-order valence-corrected chi connectivity index (χ1v) is 11.2. The second kappa shape index (κ2) is 8.34. The Labute approximate surface area is 180 Å².